The first-order valence-corrected chi connectivity index (χ1v) is 6.66. The lowest BCUT2D eigenvalue weighted by atomic mass is 9.77. The van der Waals surface area contributed by atoms with Crippen LogP contribution in [0.4, 0.5) is 0 Å². The zero-order chi connectivity index (χ0) is 11.0. The van der Waals surface area contributed by atoms with E-state index in [4.69, 9.17) is 11.6 Å². The van der Waals surface area contributed by atoms with E-state index in [1.807, 2.05) is 6.07 Å². The SMILES string of the molecule is Clc1cccc(C2(C3CCNCC3)CC2)c1. The number of hydrogen-bond donors (Lipinski definition) is 1. The molecule has 16 heavy (non-hydrogen) atoms. The number of rotatable bonds is 2. The Labute approximate surface area is 102 Å². The van der Waals surface area contributed by atoms with Crippen molar-refractivity contribution in [3.63, 3.8) is 0 Å². The zero-order valence-corrected chi connectivity index (χ0v) is 10.3. The van der Waals surface area contributed by atoms with Gasteiger partial charge in [0.15, 0.2) is 0 Å². The monoisotopic (exact) mass is 235 g/mol. The molecule has 1 aliphatic carbocycles. The van der Waals surface area contributed by atoms with Crippen molar-refractivity contribution in [2.24, 2.45) is 5.92 Å². The number of nitrogens with one attached hydrogen (secondary N) is 1. The Morgan fingerprint density at radius 2 is 1.94 bits per heavy atom. The molecule has 2 heteroatoms. The molecule has 1 heterocycles. The predicted octanol–water partition coefficient (Wildman–Crippen LogP) is 3.37. The van der Waals surface area contributed by atoms with Gasteiger partial charge in [0, 0.05) is 5.02 Å². The standard InChI is InChI=1S/C14H18ClN/c15-13-3-1-2-12(10-13)14(6-7-14)11-4-8-16-9-5-11/h1-3,10-11,16H,4-9H2. The summed E-state index contributed by atoms with van der Waals surface area (Å²) in [4.78, 5) is 0. The van der Waals surface area contributed by atoms with Crippen LogP contribution in [0, 0.1) is 5.92 Å². The van der Waals surface area contributed by atoms with Crippen LogP contribution >= 0.6 is 11.6 Å². The Bertz CT molecular complexity index is 378. The second-order valence-electron chi connectivity index (χ2n) is 5.19. The number of halogens is 1. The van der Waals surface area contributed by atoms with E-state index in [1.165, 1.54) is 44.3 Å². The molecule has 0 amide bonds. The molecular weight excluding hydrogens is 218 g/mol. The molecule has 86 valence electrons. The summed E-state index contributed by atoms with van der Waals surface area (Å²) in [6.45, 7) is 2.37. The lowest BCUT2D eigenvalue weighted by Crippen LogP contribution is -2.34. The molecule has 1 N–H and O–H groups in total. The first-order chi connectivity index (χ1) is 7.81. The van der Waals surface area contributed by atoms with Gasteiger partial charge >= 0.3 is 0 Å². The van der Waals surface area contributed by atoms with Gasteiger partial charge in [0.1, 0.15) is 0 Å². The van der Waals surface area contributed by atoms with Crippen LogP contribution in [0.5, 0.6) is 0 Å². The lowest BCUT2D eigenvalue weighted by molar-refractivity contribution is 0.303. The van der Waals surface area contributed by atoms with E-state index in [0.717, 1.165) is 10.9 Å². The number of hydrogen-bond acceptors (Lipinski definition) is 1. The van der Waals surface area contributed by atoms with Crippen molar-refractivity contribution in [1.29, 1.82) is 0 Å². The van der Waals surface area contributed by atoms with Crippen molar-refractivity contribution in [3.05, 3.63) is 34.9 Å². The minimum absolute atomic E-state index is 0.479. The van der Waals surface area contributed by atoms with Crippen molar-refractivity contribution >= 4 is 11.6 Å². The summed E-state index contributed by atoms with van der Waals surface area (Å²) in [6.07, 6.45) is 5.37. The maximum Gasteiger partial charge on any atom is 0.0408 e. The van der Waals surface area contributed by atoms with E-state index in [2.05, 4.69) is 23.5 Å². The molecule has 1 aromatic rings. The van der Waals surface area contributed by atoms with Crippen molar-refractivity contribution in [3.8, 4) is 0 Å². The highest BCUT2D eigenvalue weighted by molar-refractivity contribution is 6.30. The largest absolute Gasteiger partial charge is 0.317 e. The first-order valence-electron chi connectivity index (χ1n) is 6.28. The van der Waals surface area contributed by atoms with E-state index in [9.17, 15) is 0 Å². The second kappa shape index (κ2) is 4.05. The average molecular weight is 236 g/mol. The van der Waals surface area contributed by atoms with Gasteiger partial charge in [0.2, 0.25) is 0 Å². The smallest absolute Gasteiger partial charge is 0.0408 e. The van der Waals surface area contributed by atoms with Crippen LogP contribution in [-0.2, 0) is 5.41 Å². The van der Waals surface area contributed by atoms with Crippen LogP contribution in [-0.4, -0.2) is 13.1 Å². The third kappa shape index (κ3) is 1.76. The highest BCUT2D eigenvalue weighted by Gasteiger charge is 2.50. The van der Waals surface area contributed by atoms with Gasteiger partial charge in [-0.1, -0.05) is 23.7 Å². The van der Waals surface area contributed by atoms with Crippen LogP contribution in [0.25, 0.3) is 0 Å². The van der Waals surface area contributed by atoms with Gasteiger partial charge in [-0.25, -0.2) is 0 Å². The molecular formula is C14H18ClN. The molecule has 0 spiro atoms. The van der Waals surface area contributed by atoms with Gasteiger partial charge in [0.25, 0.3) is 0 Å². The molecule has 1 aliphatic heterocycles. The van der Waals surface area contributed by atoms with Crippen LogP contribution < -0.4 is 5.32 Å². The molecule has 0 bridgehead atoms. The normalized spacial score (nSPS) is 24.3. The van der Waals surface area contributed by atoms with Gasteiger partial charge in [-0.3, -0.25) is 0 Å². The third-order valence-electron chi connectivity index (χ3n) is 4.31. The summed E-state index contributed by atoms with van der Waals surface area (Å²) < 4.78 is 0. The molecule has 1 saturated carbocycles. The molecule has 2 fully saturated rings. The van der Waals surface area contributed by atoms with Gasteiger partial charge in [-0.2, -0.15) is 0 Å². The first kappa shape index (κ1) is 10.6. The molecule has 1 nitrogen and oxygen atoms in total. The molecule has 0 aromatic heterocycles. The van der Waals surface area contributed by atoms with Crippen molar-refractivity contribution in [1.82, 2.24) is 5.32 Å². The summed E-state index contributed by atoms with van der Waals surface area (Å²) in [5, 5.41) is 4.34. The van der Waals surface area contributed by atoms with Crippen LogP contribution in [0.15, 0.2) is 24.3 Å². The molecule has 2 aliphatic rings. The Hall–Kier alpha value is -0.530. The Morgan fingerprint density at radius 3 is 2.56 bits per heavy atom. The van der Waals surface area contributed by atoms with Crippen molar-refractivity contribution in [2.45, 2.75) is 31.1 Å². The summed E-state index contributed by atoms with van der Waals surface area (Å²) in [7, 11) is 0. The molecule has 1 saturated heterocycles. The quantitative estimate of drug-likeness (QED) is 0.829. The fourth-order valence-corrected chi connectivity index (χ4v) is 3.43. The topological polar surface area (TPSA) is 12.0 Å². The predicted molar refractivity (Wildman–Crippen MR) is 68.0 cm³/mol. The summed E-state index contributed by atoms with van der Waals surface area (Å²) >= 11 is 6.11. The van der Waals surface area contributed by atoms with E-state index >= 15 is 0 Å². The molecule has 0 atom stereocenters. The number of benzene rings is 1. The average Bonchev–Trinajstić information content (AvgIpc) is 3.11. The van der Waals surface area contributed by atoms with Gasteiger partial charge < -0.3 is 5.32 Å². The highest BCUT2D eigenvalue weighted by atomic mass is 35.5. The fourth-order valence-electron chi connectivity index (χ4n) is 3.24. The lowest BCUT2D eigenvalue weighted by Gasteiger charge is -2.31. The second-order valence-corrected chi connectivity index (χ2v) is 5.63. The van der Waals surface area contributed by atoms with Gasteiger partial charge in [-0.15, -0.1) is 0 Å². The Kier molecular flexibility index (Phi) is 2.68. The summed E-state index contributed by atoms with van der Waals surface area (Å²) in [5.41, 5.74) is 1.96. The van der Waals surface area contributed by atoms with Gasteiger partial charge in [-0.05, 0) is 67.8 Å². The minimum atomic E-state index is 0.479. The fraction of sp³-hybridized carbons (Fsp3) is 0.571. The molecule has 0 radical (unpaired) electrons. The van der Waals surface area contributed by atoms with Crippen LogP contribution in [0.3, 0.4) is 0 Å². The summed E-state index contributed by atoms with van der Waals surface area (Å²) in [5.74, 6) is 0.868. The summed E-state index contributed by atoms with van der Waals surface area (Å²) in [6, 6.07) is 8.51. The molecule has 3 rings (SSSR count). The van der Waals surface area contributed by atoms with E-state index in [-0.39, 0.29) is 0 Å². The van der Waals surface area contributed by atoms with E-state index < -0.39 is 0 Å². The maximum absolute atomic E-state index is 6.11. The molecule has 1 aromatic carbocycles. The maximum atomic E-state index is 6.11. The number of piperidine rings is 1. The van der Waals surface area contributed by atoms with Crippen molar-refractivity contribution in [2.75, 3.05) is 13.1 Å². The minimum Gasteiger partial charge on any atom is -0.317 e. The van der Waals surface area contributed by atoms with Crippen LogP contribution in [0.1, 0.15) is 31.2 Å². The van der Waals surface area contributed by atoms with E-state index in [1.54, 1.807) is 0 Å². The highest BCUT2D eigenvalue weighted by Crippen LogP contribution is 2.56. The zero-order valence-electron chi connectivity index (χ0n) is 9.51. The Balaban J connectivity index is 1.87. The molecule has 0 unspecified atom stereocenters. The van der Waals surface area contributed by atoms with Gasteiger partial charge in [0.05, 0.1) is 0 Å². The van der Waals surface area contributed by atoms with E-state index in [0.29, 0.717) is 5.41 Å². The third-order valence-corrected chi connectivity index (χ3v) is 4.54. The Morgan fingerprint density at radius 1 is 1.19 bits per heavy atom. The van der Waals surface area contributed by atoms with Crippen LogP contribution in [0.2, 0.25) is 5.02 Å². The van der Waals surface area contributed by atoms with Crippen molar-refractivity contribution < 1.29 is 0 Å².